The maximum Gasteiger partial charge on any atom is 0.0602 e. The van der Waals surface area contributed by atoms with Crippen LogP contribution in [0.1, 0.15) is 13.8 Å². The summed E-state index contributed by atoms with van der Waals surface area (Å²) in [6, 6.07) is 8.39. The van der Waals surface area contributed by atoms with Gasteiger partial charge in [0.2, 0.25) is 0 Å². The fraction of sp³-hybridized carbons (Fsp3) is 0.250. The Morgan fingerprint density at radius 1 is 1.07 bits per heavy atom. The highest BCUT2D eigenvalue weighted by Gasteiger charge is 2.00. The van der Waals surface area contributed by atoms with Gasteiger partial charge in [-0.25, -0.2) is 0 Å². The summed E-state index contributed by atoms with van der Waals surface area (Å²) < 4.78 is 1.35. The van der Waals surface area contributed by atoms with Gasteiger partial charge in [-0.15, -0.1) is 23.1 Å². The molecule has 2 aromatic rings. The van der Waals surface area contributed by atoms with Crippen LogP contribution in [0.25, 0.3) is 10.4 Å². The maximum atomic E-state index is 4.00. The minimum absolute atomic E-state index is 1.25. The van der Waals surface area contributed by atoms with Gasteiger partial charge in [0.05, 0.1) is 4.21 Å². The van der Waals surface area contributed by atoms with Gasteiger partial charge in [-0.3, -0.25) is 4.98 Å². The molecule has 3 heteroatoms. The Morgan fingerprint density at radius 3 is 2.27 bits per heavy atom. The number of thioether (sulfide) groups is 1. The molecule has 0 atom stereocenters. The third-order valence-electron chi connectivity index (χ3n) is 1.75. The average Bonchev–Trinajstić information content (AvgIpc) is 2.81. The molecule has 0 unspecified atom stereocenters. The first-order valence-corrected chi connectivity index (χ1v) is 6.98. The SMILES string of the molecule is CC.CSc1ccc(-c2ccncc2)s1. The Balaban J connectivity index is 0.000000531. The van der Waals surface area contributed by atoms with E-state index < -0.39 is 0 Å². The van der Waals surface area contributed by atoms with Gasteiger partial charge in [-0.1, -0.05) is 13.8 Å². The van der Waals surface area contributed by atoms with Gasteiger partial charge in [0, 0.05) is 17.3 Å². The Morgan fingerprint density at radius 2 is 1.73 bits per heavy atom. The lowest BCUT2D eigenvalue weighted by atomic mass is 10.2. The van der Waals surface area contributed by atoms with E-state index in [1.54, 1.807) is 11.8 Å². The van der Waals surface area contributed by atoms with E-state index in [1.807, 2.05) is 49.7 Å². The molecule has 0 aliphatic heterocycles. The zero-order valence-electron chi connectivity index (χ0n) is 9.23. The van der Waals surface area contributed by atoms with E-state index in [2.05, 4.69) is 23.4 Å². The fourth-order valence-electron chi connectivity index (χ4n) is 1.10. The highest BCUT2D eigenvalue weighted by Crippen LogP contribution is 2.32. The minimum atomic E-state index is 1.25. The first kappa shape index (κ1) is 12.3. The number of hydrogen-bond acceptors (Lipinski definition) is 3. The Kier molecular flexibility index (Phi) is 5.43. The molecule has 0 saturated carbocycles. The molecule has 0 aliphatic rings. The Labute approximate surface area is 99.6 Å². The molecule has 2 aromatic heterocycles. The quantitative estimate of drug-likeness (QED) is 0.710. The van der Waals surface area contributed by atoms with Crippen LogP contribution in [-0.2, 0) is 0 Å². The predicted octanol–water partition coefficient (Wildman–Crippen LogP) is 4.56. The molecule has 0 fully saturated rings. The number of hydrogen-bond donors (Lipinski definition) is 0. The molecule has 0 bridgehead atoms. The monoisotopic (exact) mass is 237 g/mol. The van der Waals surface area contributed by atoms with E-state index in [1.165, 1.54) is 14.6 Å². The molecule has 0 spiro atoms. The van der Waals surface area contributed by atoms with Crippen molar-refractivity contribution in [2.45, 2.75) is 18.1 Å². The summed E-state index contributed by atoms with van der Waals surface area (Å²) in [7, 11) is 0. The van der Waals surface area contributed by atoms with Crippen molar-refractivity contribution in [3.05, 3.63) is 36.7 Å². The van der Waals surface area contributed by atoms with Gasteiger partial charge < -0.3 is 0 Å². The summed E-state index contributed by atoms with van der Waals surface area (Å²) in [6.07, 6.45) is 5.75. The van der Waals surface area contributed by atoms with Crippen molar-refractivity contribution in [1.29, 1.82) is 0 Å². The van der Waals surface area contributed by atoms with E-state index in [-0.39, 0.29) is 0 Å². The van der Waals surface area contributed by atoms with E-state index in [0.29, 0.717) is 0 Å². The molecule has 0 aliphatic carbocycles. The standard InChI is InChI=1S/C10H9NS2.C2H6/c1-12-10-3-2-9(13-10)8-4-6-11-7-5-8;1-2/h2-7H,1H3;1-2H3. The van der Waals surface area contributed by atoms with Gasteiger partial charge in [0.25, 0.3) is 0 Å². The third-order valence-corrected chi connectivity index (χ3v) is 3.96. The van der Waals surface area contributed by atoms with Gasteiger partial charge in [0.1, 0.15) is 0 Å². The Hall–Kier alpha value is -0.800. The number of pyridine rings is 1. The van der Waals surface area contributed by atoms with Crippen LogP contribution in [0.4, 0.5) is 0 Å². The average molecular weight is 237 g/mol. The lowest BCUT2D eigenvalue weighted by molar-refractivity contribution is 1.33. The molecule has 15 heavy (non-hydrogen) atoms. The van der Waals surface area contributed by atoms with Crippen LogP contribution in [0.3, 0.4) is 0 Å². The predicted molar refractivity (Wildman–Crippen MR) is 70.7 cm³/mol. The zero-order chi connectivity index (χ0) is 11.1. The fourth-order valence-corrected chi connectivity index (χ4v) is 2.65. The number of thiophene rings is 1. The second kappa shape index (κ2) is 6.64. The molecule has 0 radical (unpaired) electrons. The molecule has 0 saturated heterocycles. The summed E-state index contributed by atoms with van der Waals surface area (Å²) in [6.45, 7) is 4.00. The van der Waals surface area contributed by atoms with Crippen molar-refractivity contribution in [2.75, 3.05) is 6.26 Å². The summed E-state index contributed by atoms with van der Waals surface area (Å²) >= 11 is 3.61. The van der Waals surface area contributed by atoms with Crippen LogP contribution in [0.2, 0.25) is 0 Å². The van der Waals surface area contributed by atoms with Gasteiger partial charge in [0.15, 0.2) is 0 Å². The second-order valence-electron chi connectivity index (χ2n) is 2.56. The summed E-state index contributed by atoms with van der Waals surface area (Å²) in [5, 5.41) is 0. The first-order chi connectivity index (χ1) is 7.40. The van der Waals surface area contributed by atoms with E-state index >= 15 is 0 Å². The number of rotatable bonds is 2. The minimum Gasteiger partial charge on any atom is -0.265 e. The van der Waals surface area contributed by atoms with Crippen LogP contribution in [0.5, 0.6) is 0 Å². The molecule has 0 N–H and O–H groups in total. The van der Waals surface area contributed by atoms with Crippen molar-refractivity contribution in [1.82, 2.24) is 4.98 Å². The van der Waals surface area contributed by atoms with Gasteiger partial charge in [-0.05, 0) is 36.1 Å². The zero-order valence-corrected chi connectivity index (χ0v) is 10.9. The van der Waals surface area contributed by atoms with Crippen molar-refractivity contribution < 1.29 is 0 Å². The van der Waals surface area contributed by atoms with Crippen molar-refractivity contribution in [2.24, 2.45) is 0 Å². The third kappa shape index (κ3) is 3.36. The molecule has 0 aromatic carbocycles. The molecule has 0 amide bonds. The van der Waals surface area contributed by atoms with E-state index in [9.17, 15) is 0 Å². The highest BCUT2D eigenvalue weighted by molar-refractivity contribution is 8.00. The number of aromatic nitrogens is 1. The highest BCUT2D eigenvalue weighted by atomic mass is 32.2. The van der Waals surface area contributed by atoms with Crippen LogP contribution in [0.15, 0.2) is 40.9 Å². The van der Waals surface area contributed by atoms with Gasteiger partial charge >= 0.3 is 0 Å². The van der Waals surface area contributed by atoms with Gasteiger partial charge in [-0.2, -0.15) is 0 Å². The molecule has 2 rings (SSSR count). The van der Waals surface area contributed by atoms with Crippen LogP contribution in [-0.4, -0.2) is 11.2 Å². The second-order valence-corrected chi connectivity index (χ2v) is 4.75. The lowest BCUT2D eigenvalue weighted by Gasteiger charge is -1.93. The van der Waals surface area contributed by atoms with E-state index in [4.69, 9.17) is 0 Å². The van der Waals surface area contributed by atoms with Crippen LogP contribution in [0, 0.1) is 0 Å². The van der Waals surface area contributed by atoms with Crippen LogP contribution < -0.4 is 0 Å². The smallest absolute Gasteiger partial charge is 0.0602 e. The topological polar surface area (TPSA) is 12.9 Å². The van der Waals surface area contributed by atoms with E-state index in [0.717, 1.165) is 0 Å². The molecule has 2 heterocycles. The summed E-state index contributed by atoms with van der Waals surface area (Å²) in [5.74, 6) is 0. The largest absolute Gasteiger partial charge is 0.265 e. The van der Waals surface area contributed by atoms with Crippen LogP contribution >= 0.6 is 23.1 Å². The Bertz CT molecular complexity index is 382. The van der Waals surface area contributed by atoms with Crippen molar-refractivity contribution >= 4 is 23.1 Å². The van der Waals surface area contributed by atoms with Crippen molar-refractivity contribution in [3.63, 3.8) is 0 Å². The lowest BCUT2D eigenvalue weighted by Crippen LogP contribution is -1.71. The summed E-state index contributed by atoms with van der Waals surface area (Å²) in [5.41, 5.74) is 1.25. The molecule has 1 nitrogen and oxygen atoms in total. The van der Waals surface area contributed by atoms with Crippen molar-refractivity contribution in [3.8, 4) is 10.4 Å². The first-order valence-electron chi connectivity index (χ1n) is 4.94. The molecular formula is C12H15NS2. The number of nitrogens with zero attached hydrogens (tertiary/aromatic N) is 1. The maximum absolute atomic E-state index is 4.00. The molecular weight excluding hydrogens is 222 g/mol. The summed E-state index contributed by atoms with van der Waals surface area (Å²) in [4.78, 5) is 5.31. The normalized spacial score (nSPS) is 9.27. The molecule has 80 valence electrons.